The van der Waals surface area contributed by atoms with Crippen LogP contribution in [0.4, 0.5) is 4.79 Å². The molecule has 0 bridgehead atoms. The van der Waals surface area contributed by atoms with E-state index < -0.39 is 11.7 Å². The van der Waals surface area contributed by atoms with E-state index in [4.69, 9.17) is 15.9 Å². The molecule has 1 saturated heterocycles. The van der Waals surface area contributed by atoms with Crippen LogP contribution in [-0.2, 0) is 0 Å². The molecular formula is C11H24N2O3. The fourth-order valence-corrected chi connectivity index (χ4v) is 1.50. The summed E-state index contributed by atoms with van der Waals surface area (Å²) in [5.41, 5.74) is 4.93. The molecular weight excluding hydrogens is 208 g/mol. The lowest BCUT2D eigenvalue weighted by atomic mass is 10.0. The van der Waals surface area contributed by atoms with Crippen molar-refractivity contribution in [2.75, 3.05) is 13.1 Å². The largest absolute Gasteiger partial charge is 0.465 e. The van der Waals surface area contributed by atoms with Gasteiger partial charge in [0, 0.05) is 19.1 Å². The number of aliphatic hydroxyl groups is 1. The van der Waals surface area contributed by atoms with Crippen molar-refractivity contribution < 1.29 is 15.0 Å². The Kier molecular flexibility index (Phi) is 6.36. The van der Waals surface area contributed by atoms with Crippen molar-refractivity contribution in [1.29, 1.82) is 0 Å². The van der Waals surface area contributed by atoms with Crippen molar-refractivity contribution in [2.24, 2.45) is 5.73 Å². The first-order valence-electron chi connectivity index (χ1n) is 5.67. The molecule has 16 heavy (non-hydrogen) atoms. The van der Waals surface area contributed by atoms with Crippen molar-refractivity contribution >= 4 is 6.09 Å². The molecule has 1 atom stereocenters. The van der Waals surface area contributed by atoms with Gasteiger partial charge < -0.3 is 20.8 Å². The second kappa shape index (κ2) is 6.70. The van der Waals surface area contributed by atoms with Crippen LogP contribution < -0.4 is 5.73 Å². The van der Waals surface area contributed by atoms with Crippen molar-refractivity contribution in [1.82, 2.24) is 4.90 Å². The minimum atomic E-state index is -0.833. The van der Waals surface area contributed by atoms with Crippen LogP contribution in [-0.4, -0.2) is 45.9 Å². The second-order valence-corrected chi connectivity index (χ2v) is 5.03. The third-order valence-corrected chi connectivity index (χ3v) is 2.14. The maximum atomic E-state index is 10.6. The van der Waals surface area contributed by atoms with Gasteiger partial charge in [-0.2, -0.15) is 0 Å². The Balaban J connectivity index is 0.000000385. The van der Waals surface area contributed by atoms with E-state index in [9.17, 15) is 4.79 Å². The van der Waals surface area contributed by atoms with Gasteiger partial charge in [0.05, 0.1) is 5.60 Å². The Morgan fingerprint density at radius 1 is 1.44 bits per heavy atom. The molecule has 1 aliphatic heterocycles. The maximum absolute atomic E-state index is 10.6. The number of hydrogen-bond donors (Lipinski definition) is 3. The highest BCUT2D eigenvalue weighted by Gasteiger charge is 2.24. The predicted octanol–water partition coefficient (Wildman–Crippen LogP) is 1.25. The maximum Gasteiger partial charge on any atom is 0.407 e. The molecule has 0 aromatic rings. The van der Waals surface area contributed by atoms with Gasteiger partial charge in [-0.05, 0) is 40.0 Å². The van der Waals surface area contributed by atoms with Crippen LogP contribution in [0.15, 0.2) is 0 Å². The standard InChI is InChI=1S/C7H14N2O2.C4H10O/c8-5-6-3-1-2-4-9(6)7(10)11;1-4(2,3)5/h6H,1-5,8H2,(H,10,11);5H,1-3H3. The van der Waals surface area contributed by atoms with Gasteiger partial charge in [0.25, 0.3) is 0 Å². The zero-order valence-corrected chi connectivity index (χ0v) is 10.4. The average Bonchev–Trinajstić information content (AvgIpc) is 2.15. The number of nitrogens with zero attached hydrogens (tertiary/aromatic N) is 1. The zero-order valence-electron chi connectivity index (χ0n) is 10.4. The number of rotatable bonds is 1. The Labute approximate surface area is 97.2 Å². The number of piperidine rings is 1. The lowest BCUT2D eigenvalue weighted by Crippen LogP contribution is -2.46. The molecule has 1 unspecified atom stereocenters. The smallest absolute Gasteiger partial charge is 0.407 e. The van der Waals surface area contributed by atoms with E-state index in [2.05, 4.69) is 0 Å². The van der Waals surface area contributed by atoms with E-state index in [-0.39, 0.29) is 6.04 Å². The van der Waals surface area contributed by atoms with Crippen molar-refractivity contribution in [3.8, 4) is 0 Å². The van der Waals surface area contributed by atoms with Crippen LogP contribution in [0.1, 0.15) is 40.0 Å². The third-order valence-electron chi connectivity index (χ3n) is 2.14. The van der Waals surface area contributed by atoms with Crippen molar-refractivity contribution in [3.63, 3.8) is 0 Å². The van der Waals surface area contributed by atoms with E-state index >= 15 is 0 Å². The molecule has 0 aromatic heterocycles. The zero-order chi connectivity index (χ0) is 12.8. The van der Waals surface area contributed by atoms with E-state index in [1.165, 1.54) is 4.90 Å². The fraction of sp³-hybridized carbons (Fsp3) is 0.909. The molecule has 0 saturated carbocycles. The molecule has 0 radical (unpaired) electrons. The quantitative estimate of drug-likeness (QED) is 0.635. The SMILES string of the molecule is CC(C)(C)O.NCC1CCCCN1C(=O)O. The summed E-state index contributed by atoms with van der Waals surface area (Å²) in [5.74, 6) is 0. The molecule has 0 spiro atoms. The third kappa shape index (κ3) is 7.48. The van der Waals surface area contributed by atoms with Crippen LogP contribution in [0, 0.1) is 0 Å². The number of carbonyl (C=O) groups is 1. The highest BCUT2D eigenvalue weighted by atomic mass is 16.4. The summed E-state index contributed by atoms with van der Waals surface area (Å²) < 4.78 is 0. The number of amides is 1. The molecule has 0 aliphatic carbocycles. The highest BCUT2D eigenvalue weighted by Crippen LogP contribution is 2.15. The lowest BCUT2D eigenvalue weighted by molar-refractivity contribution is 0.101. The summed E-state index contributed by atoms with van der Waals surface area (Å²) in [4.78, 5) is 12.0. The van der Waals surface area contributed by atoms with Crippen LogP contribution in [0.3, 0.4) is 0 Å². The topological polar surface area (TPSA) is 86.8 Å². The Morgan fingerprint density at radius 3 is 2.25 bits per heavy atom. The number of likely N-dealkylation sites (tertiary alicyclic amines) is 1. The van der Waals surface area contributed by atoms with E-state index in [0.29, 0.717) is 13.1 Å². The summed E-state index contributed by atoms with van der Waals surface area (Å²) in [6, 6.07) is 0.0567. The molecule has 4 N–H and O–H groups in total. The van der Waals surface area contributed by atoms with Gasteiger partial charge in [0.1, 0.15) is 0 Å². The summed E-state index contributed by atoms with van der Waals surface area (Å²) in [5, 5.41) is 17.2. The van der Waals surface area contributed by atoms with Crippen LogP contribution in [0.5, 0.6) is 0 Å². The van der Waals surface area contributed by atoms with Gasteiger partial charge >= 0.3 is 6.09 Å². The minimum Gasteiger partial charge on any atom is -0.465 e. The molecule has 1 aliphatic rings. The average molecular weight is 232 g/mol. The normalized spacial score (nSPS) is 21.1. The van der Waals surface area contributed by atoms with Gasteiger partial charge in [0.2, 0.25) is 0 Å². The monoisotopic (exact) mass is 232 g/mol. The van der Waals surface area contributed by atoms with E-state index in [1.807, 2.05) is 0 Å². The molecule has 96 valence electrons. The molecule has 1 heterocycles. The van der Waals surface area contributed by atoms with Crippen LogP contribution in [0.2, 0.25) is 0 Å². The first-order chi connectivity index (χ1) is 7.25. The van der Waals surface area contributed by atoms with Crippen LogP contribution in [0.25, 0.3) is 0 Å². The summed E-state index contributed by atoms with van der Waals surface area (Å²) in [7, 11) is 0. The number of hydrogen-bond acceptors (Lipinski definition) is 3. The number of carboxylic acid groups (broad SMARTS) is 1. The number of nitrogens with two attached hydrogens (primary N) is 1. The predicted molar refractivity (Wildman–Crippen MR) is 63.4 cm³/mol. The van der Waals surface area contributed by atoms with Gasteiger partial charge in [-0.3, -0.25) is 0 Å². The lowest BCUT2D eigenvalue weighted by Gasteiger charge is -2.32. The van der Waals surface area contributed by atoms with E-state index in [0.717, 1.165) is 19.3 Å². The van der Waals surface area contributed by atoms with Crippen LogP contribution >= 0.6 is 0 Å². The first kappa shape index (κ1) is 15.2. The molecule has 0 aromatic carbocycles. The summed E-state index contributed by atoms with van der Waals surface area (Å²) >= 11 is 0. The molecule has 1 amide bonds. The first-order valence-corrected chi connectivity index (χ1v) is 5.67. The molecule has 5 heteroatoms. The minimum absolute atomic E-state index is 0.0567. The second-order valence-electron chi connectivity index (χ2n) is 5.03. The Hall–Kier alpha value is -0.810. The van der Waals surface area contributed by atoms with E-state index in [1.54, 1.807) is 20.8 Å². The highest BCUT2D eigenvalue weighted by molar-refractivity contribution is 5.65. The molecule has 5 nitrogen and oxygen atoms in total. The Bertz CT molecular complexity index is 208. The van der Waals surface area contributed by atoms with Gasteiger partial charge in [-0.15, -0.1) is 0 Å². The fourth-order valence-electron chi connectivity index (χ4n) is 1.50. The summed E-state index contributed by atoms with van der Waals surface area (Å²) in [6.45, 7) is 6.33. The van der Waals surface area contributed by atoms with Gasteiger partial charge in [0.15, 0.2) is 0 Å². The van der Waals surface area contributed by atoms with Crippen molar-refractivity contribution in [2.45, 2.75) is 51.7 Å². The van der Waals surface area contributed by atoms with Crippen molar-refractivity contribution in [3.05, 3.63) is 0 Å². The Morgan fingerprint density at radius 2 is 1.94 bits per heavy atom. The summed E-state index contributed by atoms with van der Waals surface area (Å²) in [6.07, 6.45) is 2.16. The molecule has 1 fully saturated rings. The van der Waals surface area contributed by atoms with Gasteiger partial charge in [-0.25, -0.2) is 4.79 Å². The van der Waals surface area contributed by atoms with Gasteiger partial charge in [-0.1, -0.05) is 0 Å². The molecule has 1 rings (SSSR count).